The molecule has 0 spiro atoms. The van der Waals surface area contributed by atoms with Crippen molar-refractivity contribution >= 4 is 5.97 Å². The molecule has 1 N–H and O–H groups in total. The highest BCUT2D eigenvalue weighted by Crippen LogP contribution is 2.10. The van der Waals surface area contributed by atoms with Crippen LogP contribution in [0.1, 0.15) is 6.92 Å². The molecule has 0 aromatic heterocycles. The Kier molecular flexibility index (Phi) is 4.54. The van der Waals surface area contributed by atoms with E-state index in [1.54, 1.807) is 0 Å². The second-order valence-electron chi connectivity index (χ2n) is 2.57. The van der Waals surface area contributed by atoms with E-state index in [0.717, 1.165) is 0 Å². The highest BCUT2D eigenvalue weighted by Gasteiger charge is 2.33. The van der Waals surface area contributed by atoms with Crippen LogP contribution >= 0.6 is 0 Å². The zero-order valence-corrected chi connectivity index (χ0v) is 7.37. The second kappa shape index (κ2) is 4.90. The van der Waals surface area contributed by atoms with Gasteiger partial charge in [0.2, 0.25) is 0 Å². The molecule has 0 heterocycles. The predicted octanol–water partition coefficient (Wildman–Crippen LogP) is 0.679. The van der Waals surface area contributed by atoms with E-state index >= 15 is 0 Å². The van der Waals surface area contributed by atoms with E-state index in [0.29, 0.717) is 0 Å². The minimum Gasteiger partial charge on any atom is -0.479 e. The molecular weight excluding hydrogens is 160 g/mol. The van der Waals surface area contributed by atoms with Gasteiger partial charge >= 0.3 is 5.97 Å². The summed E-state index contributed by atoms with van der Waals surface area (Å²) in [6.07, 6.45) is 1.50. The van der Waals surface area contributed by atoms with E-state index in [-0.39, 0.29) is 13.2 Å². The topological polar surface area (TPSA) is 55.8 Å². The standard InChI is InChI=1S/C8H14O4/c1-4-5-12-8(2,6-11-3)7(9)10/h4H,1,5-6H2,2-3H3,(H,9,10). The van der Waals surface area contributed by atoms with Gasteiger partial charge in [0.1, 0.15) is 0 Å². The largest absolute Gasteiger partial charge is 0.479 e. The summed E-state index contributed by atoms with van der Waals surface area (Å²) < 4.78 is 9.76. The zero-order chi connectivity index (χ0) is 9.61. The summed E-state index contributed by atoms with van der Waals surface area (Å²) in [6.45, 7) is 5.11. The quantitative estimate of drug-likeness (QED) is 0.601. The maximum absolute atomic E-state index is 10.7. The smallest absolute Gasteiger partial charge is 0.338 e. The summed E-state index contributed by atoms with van der Waals surface area (Å²) in [6, 6.07) is 0. The first kappa shape index (κ1) is 11.1. The Morgan fingerprint density at radius 1 is 1.75 bits per heavy atom. The van der Waals surface area contributed by atoms with Crippen molar-refractivity contribution in [3.8, 4) is 0 Å². The van der Waals surface area contributed by atoms with Crippen LogP contribution in [-0.4, -0.2) is 37.0 Å². The Morgan fingerprint density at radius 2 is 2.33 bits per heavy atom. The summed E-state index contributed by atoms with van der Waals surface area (Å²) in [5, 5.41) is 8.75. The van der Waals surface area contributed by atoms with Crippen molar-refractivity contribution < 1.29 is 19.4 Å². The minimum atomic E-state index is -1.27. The lowest BCUT2D eigenvalue weighted by molar-refractivity contribution is -0.168. The number of methoxy groups -OCH3 is 1. The van der Waals surface area contributed by atoms with Crippen LogP contribution in [0.25, 0.3) is 0 Å². The van der Waals surface area contributed by atoms with E-state index in [1.165, 1.54) is 20.1 Å². The molecule has 4 heteroatoms. The molecule has 0 radical (unpaired) electrons. The summed E-state index contributed by atoms with van der Waals surface area (Å²) in [5.74, 6) is -1.04. The highest BCUT2D eigenvalue weighted by molar-refractivity contribution is 5.77. The Balaban J connectivity index is 4.17. The van der Waals surface area contributed by atoms with Gasteiger partial charge < -0.3 is 14.6 Å². The molecule has 0 fully saturated rings. The summed E-state index contributed by atoms with van der Waals surface area (Å²) in [7, 11) is 1.43. The molecule has 0 aromatic carbocycles. The fourth-order valence-corrected chi connectivity index (χ4v) is 0.683. The van der Waals surface area contributed by atoms with Crippen molar-refractivity contribution in [1.82, 2.24) is 0 Å². The number of carboxylic acid groups (broad SMARTS) is 1. The van der Waals surface area contributed by atoms with Gasteiger partial charge in [0.05, 0.1) is 13.2 Å². The van der Waals surface area contributed by atoms with Gasteiger partial charge in [0.25, 0.3) is 0 Å². The first-order valence-corrected chi connectivity index (χ1v) is 3.54. The molecule has 0 amide bonds. The number of rotatable bonds is 6. The van der Waals surface area contributed by atoms with Crippen LogP contribution in [0.4, 0.5) is 0 Å². The molecule has 0 aliphatic rings. The molecular formula is C8H14O4. The number of hydrogen-bond acceptors (Lipinski definition) is 3. The van der Waals surface area contributed by atoms with E-state index in [1.807, 2.05) is 0 Å². The number of ether oxygens (including phenoxy) is 2. The average Bonchev–Trinajstić information content (AvgIpc) is 2.01. The van der Waals surface area contributed by atoms with Crippen LogP contribution < -0.4 is 0 Å². The summed E-state index contributed by atoms with van der Waals surface area (Å²) in [4.78, 5) is 10.7. The molecule has 0 aromatic rings. The molecule has 1 unspecified atom stereocenters. The van der Waals surface area contributed by atoms with Crippen LogP contribution in [0.5, 0.6) is 0 Å². The van der Waals surface area contributed by atoms with E-state index in [2.05, 4.69) is 6.58 Å². The molecule has 12 heavy (non-hydrogen) atoms. The molecule has 4 nitrogen and oxygen atoms in total. The third-order valence-corrected chi connectivity index (χ3v) is 1.39. The molecule has 0 bridgehead atoms. The van der Waals surface area contributed by atoms with Gasteiger partial charge in [-0.1, -0.05) is 6.08 Å². The number of hydrogen-bond donors (Lipinski definition) is 1. The summed E-state index contributed by atoms with van der Waals surface area (Å²) >= 11 is 0. The van der Waals surface area contributed by atoms with Gasteiger partial charge in [-0.15, -0.1) is 6.58 Å². The van der Waals surface area contributed by atoms with Crippen molar-refractivity contribution in [2.45, 2.75) is 12.5 Å². The first-order chi connectivity index (χ1) is 5.56. The van der Waals surface area contributed by atoms with Crippen molar-refractivity contribution in [3.05, 3.63) is 12.7 Å². The average molecular weight is 174 g/mol. The van der Waals surface area contributed by atoms with Crippen LogP contribution in [0.15, 0.2) is 12.7 Å². The lowest BCUT2D eigenvalue weighted by atomic mass is 10.1. The molecule has 0 saturated heterocycles. The predicted molar refractivity (Wildman–Crippen MR) is 44.1 cm³/mol. The SMILES string of the molecule is C=CCOC(C)(COC)C(=O)O. The molecule has 1 atom stereocenters. The van der Waals surface area contributed by atoms with Crippen molar-refractivity contribution in [3.63, 3.8) is 0 Å². The molecule has 0 aliphatic carbocycles. The number of aliphatic carboxylic acids is 1. The van der Waals surface area contributed by atoms with Gasteiger partial charge in [-0.25, -0.2) is 4.79 Å². The number of carboxylic acids is 1. The summed E-state index contributed by atoms with van der Waals surface area (Å²) in [5.41, 5.74) is -1.27. The fraction of sp³-hybridized carbons (Fsp3) is 0.625. The second-order valence-corrected chi connectivity index (χ2v) is 2.57. The van der Waals surface area contributed by atoms with Gasteiger partial charge in [0.15, 0.2) is 5.60 Å². The Labute approximate surface area is 71.8 Å². The van der Waals surface area contributed by atoms with Gasteiger partial charge in [-0.3, -0.25) is 0 Å². The third-order valence-electron chi connectivity index (χ3n) is 1.39. The third kappa shape index (κ3) is 3.02. The first-order valence-electron chi connectivity index (χ1n) is 3.54. The molecule has 0 aliphatic heterocycles. The Hall–Kier alpha value is -0.870. The van der Waals surface area contributed by atoms with Gasteiger partial charge in [0, 0.05) is 7.11 Å². The van der Waals surface area contributed by atoms with Gasteiger partial charge in [-0.2, -0.15) is 0 Å². The number of carbonyl (C=O) groups is 1. The maximum atomic E-state index is 10.7. The maximum Gasteiger partial charge on any atom is 0.338 e. The van der Waals surface area contributed by atoms with Crippen LogP contribution in [0.3, 0.4) is 0 Å². The molecule has 70 valence electrons. The van der Waals surface area contributed by atoms with E-state index < -0.39 is 11.6 Å². The van der Waals surface area contributed by atoms with E-state index in [4.69, 9.17) is 14.6 Å². The van der Waals surface area contributed by atoms with Crippen molar-refractivity contribution in [2.24, 2.45) is 0 Å². The Bertz CT molecular complexity index is 166. The Morgan fingerprint density at radius 3 is 2.67 bits per heavy atom. The lowest BCUT2D eigenvalue weighted by Crippen LogP contribution is -2.42. The zero-order valence-electron chi connectivity index (χ0n) is 7.37. The van der Waals surface area contributed by atoms with E-state index in [9.17, 15) is 4.79 Å². The van der Waals surface area contributed by atoms with Crippen LogP contribution in [0, 0.1) is 0 Å². The van der Waals surface area contributed by atoms with Gasteiger partial charge in [-0.05, 0) is 6.92 Å². The molecule has 0 saturated carbocycles. The monoisotopic (exact) mass is 174 g/mol. The van der Waals surface area contributed by atoms with Crippen molar-refractivity contribution in [1.29, 1.82) is 0 Å². The van der Waals surface area contributed by atoms with Crippen LogP contribution in [-0.2, 0) is 14.3 Å². The fourth-order valence-electron chi connectivity index (χ4n) is 0.683. The normalized spacial score (nSPS) is 15.2. The van der Waals surface area contributed by atoms with Crippen LogP contribution in [0.2, 0.25) is 0 Å². The highest BCUT2D eigenvalue weighted by atomic mass is 16.6. The molecule has 0 rings (SSSR count). The minimum absolute atomic E-state index is 0.0240. The van der Waals surface area contributed by atoms with Crippen molar-refractivity contribution in [2.75, 3.05) is 20.3 Å². The lowest BCUT2D eigenvalue weighted by Gasteiger charge is -2.23.